The summed E-state index contributed by atoms with van der Waals surface area (Å²) in [6, 6.07) is 28.6. The molecule has 0 saturated carbocycles. The summed E-state index contributed by atoms with van der Waals surface area (Å²) in [6.45, 7) is 0.166. The number of hydroxylamine groups is 1. The Kier molecular flexibility index (Phi) is 8.35. The molecule has 2 heterocycles. The van der Waals surface area contributed by atoms with E-state index in [0.717, 1.165) is 27.1 Å². The van der Waals surface area contributed by atoms with Crippen LogP contribution in [0.5, 0.6) is 0 Å². The van der Waals surface area contributed by atoms with Crippen LogP contribution in [0.15, 0.2) is 107 Å². The van der Waals surface area contributed by atoms with Crippen LogP contribution in [0.3, 0.4) is 0 Å². The van der Waals surface area contributed by atoms with Crippen LogP contribution in [-0.4, -0.2) is 53.0 Å². The van der Waals surface area contributed by atoms with Gasteiger partial charge in [-0.05, 0) is 36.4 Å². The van der Waals surface area contributed by atoms with Gasteiger partial charge in [0.15, 0.2) is 5.84 Å². The van der Waals surface area contributed by atoms with Gasteiger partial charge in [-0.15, -0.1) is 0 Å². The van der Waals surface area contributed by atoms with Crippen LogP contribution < -0.4 is 10.6 Å². The number of fused-ring (bicyclic) bond motifs is 2. The Hall–Kier alpha value is -5.35. The largest absolute Gasteiger partial charge is 0.623 e. The van der Waals surface area contributed by atoms with Gasteiger partial charge in [0.25, 0.3) is 5.69 Å². The molecule has 11 heteroatoms. The van der Waals surface area contributed by atoms with Crippen LogP contribution in [0, 0.1) is 15.3 Å². The summed E-state index contributed by atoms with van der Waals surface area (Å²) in [6.07, 6.45) is 0. The zero-order valence-corrected chi connectivity index (χ0v) is 23.2. The van der Waals surface area contributed by atoms with E-state index in [2.05, 4.69) is 20.6 Å². The number of halogens is 1. The lowest BCUT2D eigenvalue weighted by Gasteiger charge is -2.10. The van der Waals surface area contributed by atoms with Crippen molar-refractivity contribution in [1.29, 1.82) is 0 Å². The second-order valence-electron chi connectivity index (χ2n) is 9.29. The Morgan fingerprint density at radius 2 is 1.62 bits per heavy atom. The molecule has 0 spiro atoms. The highest BCUT2D eigenvalue weighted by molar-refractivity contribution is 6.31. The number of carbonyl (C=O) groups is 1. The fourth-order valence-corrected chi connectivity index (χ4v) is 4.75. The molecule has 4 aromatic carbocycles. The van der Waals surface area contributed by atoms with Gasteiger partial charge >= 0.3 is 0 Å². The van der Waals surface area contributed by atoms with Gasteiger partial charge in [0.05, 0.1) is 27.6 Å². The van der Waals surface area contributed by atoms with E-state index in [0.29, 0.717) is 33.5 Å². The van der Waals surface area contributed by atoms with E-state index in [4.69, 9.17) is 11.6 Å². The summed E-state index contributed by atoms with van der Waals surface area (Å²) in [5, 5.41) is 29.8. The molecule has 2 aliphatic heterocycles. The molecule has 2 N–H and O–H groups in total. The Bertz CT molecular complexity index is 1750. The quantitative estimate of drug-likeness (QED) is 0.146. The van der Waals surface area contributed by atoms with E-state index in [9.17, 15) is 20.1 Å². The number of benzene rings is 4. The first-order valence-corrected chi connectivity index (χ1v) is 13.3. The molecule has 0 aromatic heterocycles. The first kappa shape index (κ1) is 28.2. The minimum absolute atomic E-state index is 0.00724. The van der Waals surface area contributed by atoms with Crippen molar-refractivity contribution in [2.75, 3.05) is 25.5 Å². The number of likely N-dealkylation sites (N-methyl/N-ethyl adjacent to an activating group) is 1. The van der Waals surface area contributed by atoms with E-state index in [-0.39, 0.29) is 24.7 Å². The second-order valence-corrected chi connectivity index (χ2v) is 9.72. The Balaban J connectivity index is 0.000000168. The third kappa shape index (κ3) is 6.18. The van der Waals surface area contributed by atoms with Gasteiger partial charge in [-0.25, -0.2) is 4.99 Å². The van der Waals surface area contributed by atoms with Crippen molar-refractivity contribution in [3.8, 4) is 0 Å². The van der Waals surface area contributed by atoms with Crippen molar-refractivity contribution >= 4 is 51.8 Å². The average molecular weight is 581 g/mol. The zero-order chi connectivity index (χ0) is 29.6. The summed E-state index contributed by atoms with van der Waals surface area (Å²) in [5.41, 5.74) is 5.37. The monoisotopic (exact) mass is 580 g/mol. The number of nitro benzene ring substituents is 1. The molecule has 210 valence electrons. The fourth-order valence-electron chi connectivity index (χ4n) is 4.58. The van der Waals surface area contributed by atoms with Crippen LogP contribution in [0.2, 0.25) is 5.02 Å². The van der Waals surface area contributed by atoms with Gasteiger partial charge in [0.1, 0.15) is 6.54 Å². The molecule has 0 radical (unpaired) electrons. The molecule has 1 amide bonds. The van der Waals surface area contributed by atoms with Crippen LogP contribution in [0.4, 0.5) is 17.1 Å². The average Bonchev–Trinajstić information content (AvgIpc) is 3.25. The topological polar surface area (TPSA) is 135 Å². The number of benzodiazepines with no additional fused rings is 1. The van der Waals surface area contributed by atoms with Crippen LogP contribution >= 0.6 is 11.6 Å². The van der Waals surface area contributed by atoms with Gasteiger partial charge in [-0.2, -0.15) is 4.74 Å². The predicted octanol–water partition coefficient (Wildman–Crippen LogP) is 5.34. The number of nitro groups is 1. The number of hydrogen-bond acceptors (Lipinski definition) is 7. The van der Waals surface area contributed by atoms with E-state index in [1.165, 1.54) is 18.2 Å². The van der Waals surface area contributed by atoms with E-state index < -0.39 is 4.92 Å². The summed E-state index contributed by atoms with van der Waals surface area (Å²) < 4.78 is 0.951. The molecule has 0 unspecified atom stereocenters. The number of carbonyl (C=O) groups excluding carboxylic acids is 1. The third-order valence-electron chi connectivity index (χ3n) is 6.52. The molecule has 4 aromatic rings. The molecule has 0 saturated heterocycles. The molecular weight excluding hydrogens is 556 g/mol. The lowest BCUT2D eigenvalue weighted by Crippen LogP contribution is -2.29. The smallest absolute Gasteiger partial charge is 0.270 e. The second kappa shape index (κ2) is 12.4. The summed E-state index contributed by atoms with van der Waals surface area (Å²) in [7, 11) is 1.76. The Labute approximate surface area is 246 Å². The number of anilines is 1. The fraction of sp³-hybridized carbons (Fsp3) is 0.0968. The molecule has 42 heavy (non-hydrogen) atoms. The van der Waals surface area contributed by atoms with Crippen molar-refractivity contribution in [3.05, 3.63) is 140 Å². The van der Waals surface area contributed by atoms with Crippen LogP contribution in [0.1, 0.15) is 22.3 Å². The number of nitrogens with one attached hydrogen (secondary N) is 2. The van der Waals surface area contributed by atoms with E-state index in [1.54, 1.807) is 19.2 Å². The normalized spacial score (nSPS) is 14.0. The van der Waals surface area contributed by atoms with Crippen molar-refractivity contribution in [3.63, 3.8) is 0 Å². The molecular formula is C31H25ClN6O4. The van der Waals surface area contributed by atoms with Gasteiger partial charge in [-0.3, -0.25) is 19.9 Å². The standard InChI is InChI=1S/C16H14ClN3O.C15H11N3O3/c1-18-15-10-20(21)16(11-5-3-2-4-6-11)13-9-12(17)7-8-14(13)19-15;19-14-9-16-15(10-4-2-1-3-5-10)12-8-11(18(20)21)6-7-13(12)17-14/h2-9H,10H2,1H3,(H,18,19);1-8H,9H2,(H,17,19). The lowest BCUT2D eigenvalue weighted by atomic mass is 10.00. The summed E-state index contributed by atoms with van der Waals surface area (Å²) in [4.78, 5) is 31.0. The number of rotatable bonds is 3. The first-order valence-electron chi connectivity index (χ1n) is 12.9. The van der Waals surface area contributed by atoms with Crippen molar-refractivity contribution in [2.24, 2.45) is 9.98 Å². The molecule has 0 atom stereocenters. The van der Waals surface area contributed by atoms with E-state index >= 15 is 0 Å². The lowest BCUT2D eigenvalue weighted by molar-refractivity contribution is -0.439. The SMILES string of the molecule is CNC1=Nc2ccc(Cl)cc2C(c2ccccc2)=[N+]([O-])C1.O=C1CN=C(c2ccccc2)c2cc([N+](=O)[O-])ccc2N1. The first-order chi connectivity index (χ1) is 20.3. The van der Waals surface area contributed by atoms with Gasteiger partial charge < -0.3 is 15.8 Å². The molecule has 10 nitrogen and oxygen atoms in total. The van der Waals surface area contributed by atoms with Gasteiger partial charge in [0.2, 0.25) is 18.2 Å². The van der Waals surface area contributed by atoms with Crippen LogP contribution in [0.25, 0.3) is 0 Å². The summed E-state index contributed by atoms with van der Waals surface area (Å²) in [5.74, 6) is 0.385. The Morgan fingerprint density at radius 3 is 2.29 bits per heavy atom. The van der Waals surface area contributed by atoms with E-state index in [1.807, 2.05) is 66.7 Å². The minimum Gasteiger partial charge on any atom is -0.623 e. The maximum absolute atomic E-state index is 12.6. The highest BCUT2D eigenvalue weighted by Gasteiger charge is 2.24. The molecule has 6 rings (SSSR count). The number of aliphatic imine (C=N–C) groups is 2. The molecule has 0 aliphatic carbocycles. The number of amidine groups is 1. The maximum Gasteiger partial charge on any atom is 0.270 e. The van der Waals surface area contributed by atoms with Crippen molar-refractivity contribution in [1.82, 2.24) is 5.32 Å². The number of non-ortho nitro benzene ring substituents is 1. The van der Waals surface area contributed by atoms with Crippen LogP contribution in [-0.2, 0) is 4.79 Å². The van der Waals surface area contributed by atoms with Crippen molar-refractivity contribution < 1.29 is 14.5 Å². The molecule has 0 bridgehead atoms. The highest BCUT2D eigenvalue weighted by Crippen LogP contribution is 2.29. The zero-order valence-electron chi connectivity index (χ0n) is 22.5. The van der Waals surface area contributed by atoms with Gasteiger partial charge in [0, 0.05) is 40.9 Å². The third-order valence-corrected chi connectivity index (χ3v) is 6.75. The molecule has 0 fully saturated rings. The maximum atomic E-state index is 12.6. The highest BCUT2D eigenvalue weighted by atomic mass is 35.5. The minimum atomic E-state index is -0.463. The number of hydrogen-bond donors (Lipinski definition) is 2. The number of nitrogens with zero attached hydrogens (tertiary/aromatic N) is 4. The summed E-state index contributed by atoms with van der Waals surface area (Å²) >= 11 is 6.10. The number of amides is 1. The molecule has 2 aliphatic rings. The Morgan fingerprint density at radius 1 is 0.929 bits per heavy atom. The predicted molar refractivity (Wildman–Crippen MR) is 164 cm³/mol. The van der Waals surface area contributed by atoms with Crippen molar-refractivity contribution in [2.45, 2.75) is 0 Å². The van der Waals surface area contributed by atoms with Gasteiger partial charge in [-0.1, -0.05) is 60.1 Å².